The zero-order valence-corrected chi connectivity index (χ0v) is 11.5. The highest BCUT2D eigenvalue weighted by atomic mass is 16.3. The summed E-state index contributed by atoms with van der Waals surface area (Å²) < 4.78 is 5.57. The minimum atomic E-state index is -0.849. The number of urea groups is 1. The number of carbonyl (C=O) groups excluding carboxylic acids is 3. The average molecular weight is 300 g/mol. The van der Waals surface area contributed by atoms with Crippen molar-refractivity contribution in [3.63, 3.8) is 0 Å². The van der Waals surface area contributed by atoms with Crippen LogP contribution in [0.1, 0.15) is 24.6 Å². The van der Waals surface area contributed by atoms with Crippen LogP contribution in [-0.2, 0) is 9.59 Å². The van der Waals surface area contributed by atoms with E-state index in [9.17, 15) is 14.4 Å². The molecule has 112 valence electrons. The van der Waals surface area contributed by atoms with Crippen LogP contribution in [0.15, 0.2) is 22.6 Å². The summed E-state index contributed by atoms with van der Waals surface area (Å²) >= 11 is 0. The number of hydrogen-bond donors (Lipinski definition) is 2. The number of furan rings is 1. The molecule has 1 unspecified atom stereocenters. The van der Waals surface area contributed by atoms with Gasteiger partial charge in [-0.1, -0.05) is 0 Å². The van der Waals surface area contributed by atoms with Crippen molar-refractivity contribution in [3.05, 3.63) is 24.0 Å². The van der Waals surface area contributed by atoms with Crippen molar-refractivity contribution in [1.29, 1.82) is 0 Å². The summed E-state index contributed by atoms with van der Waals surface area (Å²) in [7, 11) is 0. The summed E-state index contributed by atoms with van der Waals surface area (Å²) in [6.07, 6.45) is 1.36. The summed E-state index contributed by atoms with van der Waals surface area (Å²) in [5.74, 6) is 0.481. The van der Waals surface area contributed by atoms with Gasteiger partial charge < -0.3 is 9.73 Å². The molecule has 0 bridgehead atoms. The summed E-state index contributed by atoms with van der Waals surface area (Å²) in [5.41, 5.74) is 1.04. The highest BCUT2D eigenvalue weighted by molar-refractivity contribution is 6.04. The van der Waals surface area contributed by atoms with E-state index in [1.165, 1.54) is 0 Å². The van der Waals surface area contributed by atoms with Crippen LogP contribution in [0.3, 0.4) is 0 Å². The van der Waals surface area contributed by atoms with Crippen LogP contribution in [0.25, 0.3) is 11.1 Å². The number of hydrogen-bond acceptors (Lipinski definition) is 5. The monoisotopic (exact) mass is 300 g/mol. The first kappa shape index (κ1) is 12.8. The van der Waals surface area contributed by atoms with Crippen LogP contribution >= 0.6 is 0 Å². The second-order valence-corrected chi connectivity index (χ2v) is 5.25. The highest BCUT2D eigenvalue weighted by Gasteiger charge is 2.34. The molecule has 2 aliphatic rings. The third kappa shape index (κ3) is 1.92. The summed E-state index contributed by atoms with van der Waals surface area (Å²) in [5, 5.41) is 4.62. The molecule has 22 heavy (non-hydrogen) atoms. The summed E-state index contributed by atoms with van der Waals surface area (Å²) in [6, 6.07) is 3.63. The molecule has 0 spiro atoms. The van der Waals surface area contributed by atoms with Crippen LogP contribution in [0.2, 0.25) is 0 Å². The van der Waals surface area contributed by atoms with Gasteiger partial charge in [-0.3, -0.25) is 19.8 Å². The number of nitrogens with one attached hydrogen (secondary N) is 2. The summed E-state index contributed by atoms with van der Waals surface area (Å²) in [4.78, 5) is 40.6. The lowest BCUT2D eigenvalue weighted by molar-refractivity contribution is -0.120. The van der Waals surface area contributed by atoms with Crippen molar-refractivity contribution in [2.75, 3.05) is 11.4 Å². The van der Waals surface area contributed by atoms with Crippen LogP contribution in [-0.4, -0.2) is 29.4 Å². The number of nitrogens with zero attached hydrogens (tertiary/aromatic N) is 2. The van der Waals surface area contributed by atoms with E-state index in [1.54, 1.807) is 23.1 Å². The molecular formula is C14H12N4O4. The fourth-order valence-corrected chi connectivity index (χ4v) is 2.73. The second kappa shape index (κ2) is 4.55. The van der Waals surface area contributed by atoms with Crippen molar-refractivity contribution >= 4 is 34.8 Å². The van der Waals surface area contributed by atoms with E-state index in [0.717, 1.165) is 6.42 Å². The number of amides is 4. The van der Waals surface area contributed by atoms with Gasteiger partial charge in [0, 0.05) is 19.0 Å². The number of pyridine rings is 1. The Morgan fingerprint density at radius 3 is 2.82 bits per heavy atom. The van der Waals surface area contributed by atoms with E-state index in [0.29, 0.717) is 35.6 Å². The van der Waals surface area contributed by atoms with Gasteiger partial charge in [-0.05, 0) is 18.6 Å². The largest absolute Gasteiger partial charge is 0.457 e. The van der Waals surface area contributed by atoms with Gasteiger partial charge in [0.2, 0.25) is 5.91 Å². The lowest BCUT2D eigenvalue weighted by atomic mass is 10.2. The maximum atomic E-state index is 11.8. The number of imide groups is 1. The fourth-order valence-electron chi connectivity index (χ4n) is 2.73. The number of aromatic nitrogens is 1. The zero-order valence-electron chi connectivity index (χ0n) is 11.5. The molecule has 4 rings (SSSR count). The van der Waals surface area contributed by atoms with Gasteiger partial charge in [0.05, 0.1) is 0 Å². The molecule has 0 radical (unpaired) electrons. The van der Waals surface area contributed by atoms with Gasteiger partial charge >= 0.3 is 6.03 Å². The van der Waals surface area contributed by atoms with Crippen molar-refractivity contribution in [1.82, 2.24) is 15.6 Å². The number of anilines is 1. The molecule has 2 saturated heterocycles. The molecular weight excluding hydrogens is 288 g/mol. The van der Waals surface area contributed by atoms with Crippen molar-refractivity contribution < 1.29 is 18.8 Å². The Hall–Kier alpha value is -2.90. The minimum Gasteiger partial charge on any atom is -0.457 e. The predicted octanol–water partition coefficient (Wildman–Crippen LogP) is 0.835. The average Bonchev–Trinajstić information content (AvgIpc) is 3.16. The van der Waals surface area contributed by atoms with Crippen LogP contribution < -0.4 is 15.5 Å². The van der Waals surface area contributed by atoms with Gasteiger partial charge in [0.25, 0.3) is 5.91 Å². The van der Waals surface area contributed by atoms with Gasteiger partial charge in [-0.25, -0.2) is 9.78 Å². The minimum absolute atomic E-state index is 0.0537. The third-order valence-corrected chi connectivity index (χ3v) is 3.79. The second-order valence-electron chi connectivity index (χ2n) is 5.25. The van der Waals surface area contributed by atoms with E-state index in [1.807, 2.05) is 0 Å². The SMILES string of the molecule is O=C1NC(=O)C(c2cc3nc(N4CCCC4=O)ccc3o2)N1. The maximum absolute atomic E-state index is 11.8. The van der Waals surface area contributed by atoms with Crippen molar-refractivity contribution in [2.45, 2.75) is 18.9 Å². The normalized spacial score (nSPS) is 21.5. The number of fused-ring (bicyclic) bond motifs is 1. The van der Waals surface area contributed by atoms with Gasteiger partial charge in [-0.15, -0.1) is 0 Å². The van der Waals surface area contributed by atoms with Gasteiger partial charge in [0.1, 0.15) is 17.1 Å². The Bertz CT molecular complexity index is 812. The van der Waals surface area contributed by atoms with E-state index >= 15 is 0 Å². The Morgan fingerprint density at radius 2 is 2.14 bits per heavy atom. The van der Waals surface area contributed by atoms with E-state index in [2.05, 4.69) is 15.6 Å². The first-order chi connectivity index (χ1) is 10.6. The van der Waals surface area contributed by atoms with Gasteiger partial charge in [0.15, 0.2) is 11.6 Å². The lowest BCUT2D eigenvalue weighted by Gasteiger charge is -2.13. The summed E-state index contributed by atoms with van der Waals surface area (Å²) in [6.45, 7) is 0.656. The molecule has 4 heterocycles. The van der Waals surface area contributed by atoms with E-state index in [4.69, 9.17) is 4.42 Å². The molecule has 4 amide bonds. The van der Waals surface area contributed by atoms with E-state index < -0.39 is 18.0 Å². The predicted molar refractivity (Wildman–Crippen MR) is 75.0 cm³/mol. The first-order valence-corrected chi connectivity index (χ1v) is 6.94. The fraction of sp³-hybridized carbons (Fsp3) is 0.286. The molecule has 0 aliphatic carbocycles. The van der Waals surface area contributed by atoms with Crippen LogP contribution in [0.4, 0.5) is 10.6 Å². The third-order valence-electron chi connectivity index (χ3n) is 3.79. The quantitative estimate of drug-likeness (QED) is 0.799. The molecule has 8 nitrogen and oxygen atoms in total. The smallest absolute Gasteiger partial charge is 0.322 e. The number of carbonyl (C=O) groups is 3. The van der Waals surface area contributed by atoms with Crippen LogP contribution in [0.5, 0.6) is 0 Å². The molecule has 8 heteroatoms. The number of rotatable bonds is 2. The lowest BCUT2D eigenvalue weighted by Crippen LogP contribution is -2.24. The zero-order chi connectivity index (χ0) is 15.3. The molecule has 2 aromatic heterocycles. The van der Waals surface area contributed by atoms with E-state index in [-0.39, 0.29) is 5.91 Å². The molecule has 2 aromatic rings. The van der Waals surface area contributed by atoms with Crippen LogP contribution in [0, 0.1) is 0 Å². The highest BCUT2D eigenvalue weighted by Crippen LogP contribution is 2.27. The molecule has 0 saturated carbocycles. The molecule has 0 aromatic carbocycles. The molecule has 1 atom stereocenters. The Morgan fingerprint density at radius 1 is 1.27 bits per heavy atom. The Kier molecular flexibility index (Phi) is 2.65. The standard InChI is InChI=1S/C14H12N4O4/c19-11-2-1-5-18(11)10-4-3-8-7(15-10)6-9(22-8)12-13(20)17-14(21)16-12/h3-4,6,12H,1-2,5H2,(H2,16,17,20,21). The topological polar surface area (TPSA) is 105 Å². The molecule has 2 N–H and O–H groups in total. The van der Waals surface area contributed by atoms with Gasteiger partial charge in [-0.2, -0.15) is 0 Å². The molecule has 2 aliphatic heterocycles. The Labute approximate surface area is 124 Å². The van der Waals surface area contributed by atoms with Crippen molar-refractivity contribution in [3.8, 4) is 0 Å². The first-order valence-electron chi connectivity index (χ1n) is 6.94. The molecule has 2 fully saturated rings. The van der Waals surface area contributed by atoms with Crippen molar-refractivity contribution in [2.24, 2.45) is 0 Å². The Balaban J connectivity index is 1.71. The maximum Gasteiger partial charge on any atom is 0.322 e.